The molecule has 0 radical (unpaired) electrons. The molecule has 4 heteroatoms. The van der Waals surface area contributed by atoms with Gasteiger partial charge in [0.2, 0.25) is 0 Å². The van der Waals surface area contributed by atoms with Gasteiger partial charge in [0, 0.05) is 38.4 Å². The molecule has 2 heterocycles. The van der Waals surface area contributed by atoms with E-state index in [4.69, 9.17) is 0 Å². The fraction of sp³-hybridized carbons (Fsp3) is 0.688. The molecule has 1 aromatic heterocycles. The standard InChI is InChI=1S/C16H27N3O/c1-3-4-7-15(20)13-18-9-11-19(12-10-18)16-8-5-6-14(2)17-16/h5-6,8,15,20H,3-4,7,9-13H2,1-2H3. The van der Waals surface area contributed by atoms with Crippen LogP contribution in [-0.2, 0) is 0 Å². The molecule has 4 nitrogen and oxygen atoms in total. The Labute approximate surface area is 122 Å². The molecular weight excluding hydrogens is 250 g/mol. The van der Waals surface area contributed by atoms with Gasteiger partial charge in [-0.15, -0.1) is 0 Å². The lowest BCUT2D eigenvalue weighted by Gasteiger charge is -2.36. The first-order chi connectivity index (χ1) is 9.69. The van der Waals surface area contributed by atoms with Gasteiger partial charge in [0.1, 0.15) is 5.82 Å². The van der Waals surface area contributed by atoms with Gasteiger partial charge in [0.15, 0.2) is 0 Å². The smallest absolute Gasteiger partial charge is 0.128 e. The summed E-state index contributed by atoms with van der Waals surface area (Å²) in [5.41, 5.74) is 1.07. The number of piperazine rings is 1. The second-order valence-electron chi connectivity index (χ2n) is 5.72. The minimum Gasteiger partial charge on any atom is -0.392 e. The largest absolute Gasteiger partial charge is 0.392 e. The van der Waals surface area contributed by atoms with Gasteiger partial charge in [0.25, 0.3) is 0 Å². The van der Waals surface area contributed by atoms with Gasteiger partial charge >= 0.3 is 0 Å². The van der Waals surface area contributed by atoms with Crippen LogP contribution in [0.5, 0.6) is 0 Å². The number of aliphatic hydroxyl groups excluding tert-OH is 1. The first-order valence-electron chi connectivity index (χ1n) is 7.78. The van der Waals surface area contributed by atoms with Crippen LogP contribution in [0.25, 0.3) is 0 Å². The third kappa shape index (κ3) is 4.46. The van der Waals surface area contributed by atoms with Crippen molar-refractivity contribution in [1.29, 1.82) is 0 Å². The average Bonchev–Trinajstić information content (AvgIpc) is 2.46. The van der Waals surface area contributed by atoms with Crippen LogP contribution in [-0.4, -0.2) is 53.8 Å². The van der Waals surface area contributed by atoms with Gasteiger partial charge in [-0.25, -0.2) is 4.98 Å². The fourth-order valence-corrected chi connectivity index (χ4v) is 2.69. The maximum atomic E-state index is 9.98. The summed E-state index contributed by atoms with van der Waals surface area (Å²) in [5, 5.41) is 9.98. The highest BCUT2D eigenvalue weighted by Gasteiger charge is 2.19. The van der Waals surface area contributed by atoms with E-state index in [1.165, 1.54) is 0 Å². The van der Waals surface area contributed by atoms with Crippen molar-refractivity contribution in [2.75, 3.05) is 37.6 Å². The molecule has 2 rings (SSSR count). The van der Waals surface area contributed by atoms with Crippen molar-refractivity contribution in [3.63, 3.8) is 0 Å². The lowest BCUT2D eigenvalue weighted by Crippen LogP contribution is -2.48. The van der Waals surface area contributed by atoms with E-state index in [0.717, 1.165) is 63.5 Å². The molecule has 0 spiro atoms. The number of nitrogens with zero attached hydrogens (tertiary/aromatic N) is 3. The second-order valence-corrected chi connectivity index (χ2v) is 5.72. The van der Waals surface area contributed by atoms with Crippen molar-refractivity contribution in [2.45, 2.75) is 39.2 Å². The van der Waals surface area contributed by atoms with Crippen LogP contribution in [0, 0.1) is 6.92 Å². The molecule has 1 fully saturated rings. The Balaban J connectivity index is 1.77. The molecule has 1 aliphatic heterocycles. The zero-order valence-electron chi connectivity index (χ0n) is 12.8. The van der Waals surface area contributed by atoms with Crippen LogP contribution in [0.2, 0.25) is 0 Å². The summed E-state index contributed by atoms with van der Waals surface area (Å²) in [7, 11) is 0. The van der Waals surface area contributed by atoms with E-state index < -0.39 is 0 Å². The van der Waals surface area contributed by atoms with E-state index in [2.05, 4.69) is 33.8 Å². The Hall–Kier alpha value is -1.13. The van der Waals surface area contributed by atoms with Crippen molar-refractivity contribution >= 4 is 5.82 Å². The summed E-state index contributed by atoms with van der Waals surface area (Å²) in [6.45, 7) is 9.03. The van der Waals surface area contributed by atoms with E-state index in [9.17, 15) is 5.11 Å². The van der Waals surface area contributed by atoms with E-state index in [1.807, 2.05) is 13.0 Å². The molecule has 1 atom stereocenters. The second kappa shape index (κ2) is 7.60. The molecule has 0 aliphatic carbocycles. The highest BCUT2D eigenvalue weighted by molar-refractivity contribution is 5.39. The van der Waals surface area contributed by atoms with Gasteiger partial charge < -0.3 is 10.0 Å². The van der Waals surface area contributed by atoms with Gasteiger partial charge in [-0.2, -0.15) is 0 Å². The van der Waals surface area contributed by atoms with E-state index in [1.54, 1.807) is 0 Å². The molecule has 0 saturated carbocycles. The Morgan fingerprint density at radius 1 is 1.25 bits per heavy atom. The van der Waals surface area contributed by atoms with Gasteiger partial charge in [-0.1, -0.05) is 25.8 Å². The molecule has 0 aromatic carbocycles. The Kier molecular flexibility index (Phi) is 5.80. The molecule has 1 aromatic rings. The van der Waals surface area contributed by atoms with Crippen LogP contribution in [0.1, 0.15) is 31.9 Å². The van der Waals surface area contributed by atoms with Crippen molar-refractivity contribution in [3.8, 4) is 0 Å². The minimum atomic E-state index is -0.168. The topological polar surface area (TPSA) is 39.6 Å². The highest BCUT2D eigenvalue weighted by atomic mass is 16.3. The SMILES string of the molecule is CCCCC(O)CN1CCN(c2cccc(C)n2)CC1. The summed E-state index contributed by atoms with van der Waals surface area (Å²) in [6, 6.07) is 6.18. The van der Waals surface area contributed by atoms with Crippen LogP contribution in [0.4, 0.5) is 5.82 Å². The number of anilines is 1. The third-order valence-electron chi connectivity index (χ3n) is 3.93. The maximum Gasteiger partial charge on any atom is 0.128 e. The molecule has 112 valence electrons. The number of aliphatic hydroxyl groups is 1. The van der Waals surface area contributed by atoms with E-state index in [0.29, 0.717) is 0 Å². The predicted octanol–water partition coefficient (Wildman–Crippen LogP) is 2.06. The van der Waals surface area contributed by atoms with Crippen LogP contribution in [0.15, 0.2) is 18.2 Å². The summed E-state index contributed by atoms with van der Waals surface area (Å²) in [4.78, 5) is 9.28. The van der Waals surface area contributed by atoms with E-state index in [-0.39, 0.29) is 6.10 Å². The van der Waals surface area contributed by atoms with Crippen LogP contribution in [0.3, 0.4) is 0 Å². The average molecular weight is 277 g/mol. The number of hydrogen-bond donors (Lipinski definition) is 1. The highest BCUT2D eigenvalue weighted by Crippen LogP contribution is 2.14. The molecule has 20 heavy (non-hydrogen) atoms. The summed E-state index contributed by atoms with van der Waals surface area (Å²) < 4.78 is 0. The minimum absolute atomic E-state index is 0.168. The maximum absolute atomic E-state index is 9.98. The number of rotatable bonds is 6. The number of pyridine rings is 1. The van der Waals surface area contributed by atoms with Crippen molar-refractivity contribution in [1.82, 2.24) is 9.88 Å². The number of unbranched alkanes of at least 4 members (excludes halogenated alkanes) is 1. The summed E-state index contributed by atoms with van der Waals surface area (Å²) in [6.07, 6.45) is 3.03. The number of β-amino-alcohol motifs (C(OH)–C–C–N with tert-alkyl or cyclic N) is 1. The molecule has 1 saturated heterocycles. The Bertz CT molecular complexity index is 402. The zero-order chi connectivity index (χ0) is 14.4. The molecule has 0 bridgehead atoms. The third-order valence-corrected chi connectivity index (χ3v) is 3.93. The van der Waals surface area contributed by atoms with Gasteiger partial charge in [-0.05, 0) is 25.5 Å². The molecule has 1 N–H and O–H groups in total. The lowest BCUT2D eigenvalue weighted by molar-refractivity contribution is 0.100. The van der Waals surface area contributed by atoms with Crippen LogP contribution < -0.4 is 4.90 Å². The molecule has 1 aliphatic rings. The number of aromatic nitrogens is 1. The van der Waals surface area contributed by atoms with Crippen molar-refractivity contribution in [2.24, 2.45) is 0 Å². The monoisotopic (exact) mass is 277 g/mol. The molecule has 1 unspecified atom stereocenters. The van der Waals surface area contributed by atoms with Gasteiger partial charge in [0.05, 0.1) is 6.10 Å². The van der Waals surface area contributed by atoms with Gasteiger partial charge in [-0.3, -0.25) is 4.90 Å². The Morgan fingerprint density at radius 2 is 2.00 bits per heavy atom. The summed E-state index contributed by atoms with van der Waals surface area (Å²) in [5.74, 6) is 1.08. The first kappa shape index (κ1) is 15.3. The van der Waals surface area contributed by atoms with Crippen molar-refractivity contribution < 1.29 is 5.11 Å². The normalized spacial score (nSPS) is 18.2. The fourth-order valence-electron chi connectivity index (χ4n) is 2.69. The first-order valence-corrected chi connectivity index (χ1v) is 7.78. The predicted molar refractivity (Wildman–Crippen MR) is 83.2 cm³/mol. The molecule has 0 amide bonds. The molecular formula is C16H27N3O. The zero-order valence-corrected chi connectivity index (χ0v) is 12.8. The quantitative estimate of drug-likeness (QED) is 0.864. The van der Waals surface area contributed by atoms with E-state index >= 15 is 0 Å². The lowest BCUT2D eigenvalue weighted by atomic mass is 10.1. The van der Waals surface area contributed by atoms with Crippen LogP contribution >= 0.6 is 0 Å². The number of hydrogen-bond acceptors (Lipinski definition) is 4. The number of aryl methyl sites for hydroxylation is 1. The Morgan fingerprint density at radius 3 is 2.65 bits per heavy atom. The van der Waals surface area contributed by atoms with Crippen molar-refractivity contribution in [3.05, 3.63) is 23.9 Å². The summed E-state index contributed by atoms with van der Waals surface area (Å²) >= 11 is 0.